The molecule has 1 aliphatic heterocycles. The van der Waals surface area contributed by atoms with Gasteiger partial charge < -0.3 is 14.2 Å². The van der Waals surface area contributed by atoms with E-state index in [9.17, 15) is 9.59 Å². The van der Waals surface area contributed by atoms with E-state index in [0.29, 0.717) is 58.5 Å². The van der Waals surface area contributed by atoms with Crippen LogP contribution in [0.4, 0.5) is 5.69 Å². The minimum absolute atomic E-state index is 0.0289. The monoisotopic (exact) mass is 570 g/mol. The molecular weight excluding hydrogens is 548 g/mol. The quantitative estimate of drug-likeness (QED) is 0.189. The maximum Gasteiger partial charge on any atom is 0.282 e. The van der Waals surface area contributed by atoms with Gasteiger partial charge in [0.2, 0.25) is 0 Å². The van der Waals surface area contributed by atoms with Crippen molar-refractivity contribution in [2.45, 2.75) is 13.3 Å². The number of nitrogens with one attached hydrogen (secondary N) is 1. The summed E-state index contributed by atoms with van der Waals surface area (Å²) < 4.78 is 18.1. The molecule has 1 N–H and O–H groups in total. The summed E-state index contributed by atoms with van der Waals surface area (Å²) in [6.07, 6.45) is 2.19. The van der Waals surface area contributed by atoms with Gasteiger partial charge in [0.25, 0.3) is 11.8 Å². The van der Waals surface area contributed by atoms with Gasteiger partial charge in [-0.2, -0.15) is 0 Å². The average molecular weight is 572 g/mol. The molecule has 0 bridgehead atoms. The predicted molar refractivity (Wildman–Crippen MR) is 142 cm³/mol. The van der Waals surface area contributed by atoms with Crippen molar-refractivity contribution in [3.05, 3.63) is 87.4 Å². The smallest absolute Gasteiger partial charge is 0.282 e. The number of hydrogen-bond acceptors (Lipinski definition) is 5. The van der Waals surface area contributed by atoms with Crippen LogP contribution in [0.1, 0.15) is 18.9 Å². The van der Waals surface area contributed by atoms with Crippen LogP contribution in [0.15, 0.2) is 76.8 Å². The molecule has 4 rings (SSSR count). The van der Waals surface area contributed by atoms with E-state index < -0.39 is 11.8 Å². The SMILES string of the molecule is CCOc1cc(/C=C2/C(=O)NN(c3ccccc3)C2=O)cc(Br)c1OCCCOc1ccc(Cl)cc1. The predicted octanol–water partition coefficient (Wildman–Crippen LogP) is 5.81. The summed E-state index contributed by atoms with van der Waals surface area (Å²) in [5.41, 5.74) is 3.83. The summed E-state index contributed by atoms with van der Waals surface area (Å²) in [7, 11) is 0. The van der Waals surface area contributed by atoms with Crippen molar-refractivity contribution in [3.8, 4) is 17.2 Å². The molecule has 2 amide bonds. The lowest BCUT2D eigenvalue weighted by atomic mass is 10.1. The van der Waals surface area contributed by atoms with Gasteiger partial charge in [0, 0.05) is 11.4 Å². The highest BCUT2D eigenvalue weighted by molar-refractivity contribution is 9.10. The normalized spacial score (nSPS) is 14.2. The first-order valence-corrected chi connectivity index (χ1v) is 12.5. The molecule has 1 saturated heterocycles. The van der Waals surface area contributed by atoms with Gasteiger partial charge in [-0.05, 0) is 83.0 Å². The van der Waals surface area contributed by atoms with Gasteiger partial charge in [-0.15, -0.1) is 0 Å². The van der Waals surface area contributed by atoms with Gasteiger partial charge in [0.15, 0.2) is 11.5 Å². The van der Waals surface area contributed by atoms with Crippen molar-refractivity contribution in [2.75, 3.05) is 24.8 Å². The van der Waals surface area contributed by atoms with Gasteiger partial charge in [-0.25, -0.2) is 5.01 Å². The molecule has 9 heteroatoms. The Morgan fingerprint density at radius 2 is 1.69 bits per heavy atom. The third-order valence-corrected chi connectivity index (χ3v) is 6.01. The topological polar surface area (TPSA) is 77.1 Å². The molecule has 3 aromatic rings. The van der Waals surface area contributed by atoms with Gasteiger partial charge in [-0.3, -0.25) is 15.0 Å². The van der Waals surface area contributed by atoms with Gasteiger partial charge >= 0.3 is 0 Å². The second-order valence-corrected chi connectivity index (χ2v) is 9.03. The molecule has 0 unspecified atom stereocenters. The highest BCUT2D eigenvalue weighted by atomic mass is 79.9. The number of benzene rings is 3. The Bertz CT molecular complexity index is 1270. The molecule has 0 aliphatic carbocycles. The van der Waals surface area contributed by atoms with E-state index in [1.54, 1.807) is 48.5 Å². The summed E-state index contributed by atoms with van der Waals surface area (Å²) in [4.78, 5) is 25.4. The molecule has 0 saturated carbocycles. The molecule has 0 spiro atoms. The molecule has 0 aromatic heterocycles. The van der Waals surface area contributed by atoms with E-state index >= 15 is 0 Å². The van der Waals surface area contributed by atoms with Gasteiger partial charge in [0.05, 0.1) is 30.0 Å². The van der Waals surface area contributed by atoms with E-state index in [-0.39, 0.29) is 5.57 Å². The third kappa shape index (κ3) is 6.19. The molecule has 1 fully saturated rings. The number of rotatable bonds is 10. The Kier molecular flexibility index (Phi) is 8.51. The third-order valence-electron chi connectivity index (χ3n) is 5.17. The first-order valence-electron chi connectivity index (χ1n) is 11.4. The van der Waals surface area contributed by atoms with E-state index in [1.807, 2.05) is 25.1 Å². The van der Waals surface area contributed by atoms with Crippen molar-refractivity contribution < 1.29 is 23.8 Å². The van der Waals surface area contributed by atoms with Crippen molar-refractivity contribution >= 4 is 51.1 Å². The van der Waals surface area contributed by atoms with Crippen molar-refractivity contribution in [2.24, 2.45) is 0 Å². The Labute approximate surface area is 222 Å². The summed E-state index contributed by atoms with van der Waals surface area (Å²) in [6.45, 7) is 3.17. The molecule has 186 valence electrons. The van der Waals surface area contributed by atoms with Crippen LogP contribution < -0.4 is 24.6 Å². The number of amides is 2. The molecule has 0 atom stereocenters. The number of ether oxygens (including phenoxy) is 3. The maximum absolute atomic E-state index is 12.9. The molecular formula is C27H24BrClN2O5. The number of halogens is 2. The van der Waals surface area contributed by atoms with E-state index in [4.69, 9.17) is 25.8 Å². The largest absolute Gasteiger partial charge is 0.493 e. The fourth-order valence-electron chi connectivity index (χ4n) is 3.51. The summed E-state index contributed by atoms with van der Waals surface area (Å²) in [5.74, 6) is 0.881. The van der Waals surface area contributed by atoms with E-state index in [2.05, 4.69) is 21.4 Å². The second-order valence-electron chi connectivity index (χ2n) is 7.74. The number of hydrazine groups is 1. The lowest BCUT2D eigenvalue weighted by molar-refractivity contribution is -0.117. The number of anilines is 1. The zero-order chi connectivity index (χ0) is 25.5. The van der Waals surface area contributed by atoms with Crippen LogP contribution in [0, 0.1) is 0 Å². The molecule has 1 heterocycles. The Morgan fingerprint density at radius 3 is 2.42 bits per heavy atom. The Hall–Kier alpha value is -3.49. The number of hydrogen-bond donors (Lipinski definition) is 1. The Balaban J connectivity index is 1.44. The van der Waals surface area contributed by atoms with Crippen LogP contribution in [0.2, 0.25) is 5.02 Å². The number of nitrogens with zero attached hydrogens (tertiary/aromatic N) is 1. The van der Waals surface area contributed by atoms with Crippen molar-refractivity contribution in [1.29, 1.82) is 0 Å². The molecule has 0 radical (unpaired) electrons. The average Bonchev–Trinajstić information content (AvgIpc) is 3.15. The number of carbonyl (C=O) groups is 2. The van der Waals surface area contributed by atoms with Crippen molar-refractivity contribution in [1.82, 2.24) is 5.43 Å². The summed E-state index contributed by atoms with van der Waals surface area (Å²) in [6, 6.07) is 19.6. The van der Waals surface area contributed by atoms with Crippen LogP contribution in [0.25, 0.3) is 6.08 Å². The second kappa shape index (κ2) is 12.0. The lowest BCUT2D eigenvalue weighted by Crippen LogP contribution is -2.35. The van der Waals surface area contributed by atoms with Crippen LogP contribution in [0.5, 0.6) is 17.2 Å². The zero-order valence-electron chi connectivity index (χ0n) is 19.5. The zero-order valence-corrected chi connectivity index (χ0v) is 21.8. The standard InChI is InChI=1S/C27H24BrClN2O5/c1-2-34-24-17-18(15-22-26(32)30-31(27(22)33)20-7-4-3-5-8-20)16-23(28)25(24)36-14-6-13-35-21-11-9-19(29)10-12-21/h3-5,7-12,15-17H,2,6,13-14H2,1H3,(H,30,32)/b22-15-. The number of para-hydroxylation sites is 1. The Morgan fingerprint density at radius 1 is 0.972 bits per heavy atom. The summed E-state index contributed by atoms with van der Waals surface area (Å²) in [5, 5.41) is 1.89. The van der Waals surface area contributed by atoms with Crippen LogP contribution in [-0.2, 0) is 9.59 Å². The number of carbonyl (C=O) groups excluding carboxylic acids is 2. The molecule has 1 aliphatic rings. The minimum atomic E-state index is -0.473. The molecule has 36 heavy (non-hydrogen) atoms. The fraction of sp³-hybridized carbons (Fsp3) is 0.185. The highest BCUT2D eigenvalue weighted by Gasteiger charge is 2.34. The molecule has 7 nitrogen and oxygen atoms in total. The molecule has 3 aromatic carbocycles. The van der Waals surface area contributed by atoms with E-state index in [1.165, 1.54) is 11.1 Å². The first-order chi connectivity index (χ1) is 17.5. The first kappa shape index (κ1) is 25.6. The van der Waals surface area contributed by atoms with Crippen LogP contribution >= 0.6 is 27.5 Å². The fourth-order valence-corrected chi connectivity index (χ4v) is 4.21. The minimum Gasteiger partial charge on any atom is -0.493 e. The highest BCUT2D eigenvalue weighted by Crippen LogP contribution is 2.38. The van der Waals surface area contributed by atoms with E-state index in [0.717, 1.165) is 5.75 Å². The van der Waals surface area contributed by atoms with Gasteiger partial charge in [-0.1, -0.05) is 29.8 Å². The van der Waals surface area contributed by atoms with Crippen LogP contribution in [-0.4, -0.2) is 31.6 Å². The summed E-state index contributed by atoms with van der Waals surface area (Å²) >= 11 is 9.42. The lowest BCUT2D eigenvalue weighted by Gasteiger charge is -2.15. The van der Waals surface area contributed by atoms with Gasteiger partial charge in [0.1, 0.15) is 11.3 Å². The van der Waals surface area contributed by atoms with Crippen molar-refractivity contribution in [3.63, 3.8) is 0 Å². The van der Waals surface area contributed by atoms with Crippen LogP contribution in [0.3, 0.4) is 0 Å². The maximum atomic E-state index is 12.9.